The van der Waals surface area contributed by atoms with Crippen molar-refractivity contribution in [2.24, 2.45) is 5.41 Å². The highest BCUT2D eigenvalue weighted by atomic mass is 32.2. The van der Waals surface area contributed by atoms with Gasteiger partial charge in [-0.25, -0.2) is 0 Å². The van der Waals surface area contributed by atoms with Crippen LogP contribution < -0.4 is 10.6 Å². The number of amides is 2. The third kappa shape index (κ3) is 14.8. The summed E-state index contributed by atoms with van der Waals surface area (Å²) in [6.45, 7) is 6.09. The Hall–Kier alpha value is -1.16. The lowest BCUT2D eigenvalue weighted by Gasteiger charge is -2.20. The second kappa shape index (κ2) is 14.8. The van der Waals surface area contributed by atoms with Gasteiger partial charge in [-0.05, 0) is 24.7 Å². The molecule has 0 aromatic carbocycles. The maximum atomic E-state index is 11.7. The minimum atomic E-state index is -0.845. The average Bonchev–Trinajstić information content (AvgIpc) is 2.61. The first-order chi connectivity index (χ1) is 13.1. The van der Waals surface area contributed by atoms with E-state index < -0.39 is 17.6 Å². The zero-order valence-electron chi connectivity index (χ0n) is 17.2. The summed E-state index contributed by atoms with van der Waals surface area (Å²) in [6.07, 6.45) is 0.281. The third-order valence-corrected chi connectivity index (χ3v) is 4.97. The topological polar surface area (TPSA) is 136 Å². The molecule has 0 saturated carbocycles. The van der Waals surface area contributed by atoms with E-state index in [4.69, 9.17) is 5.11 Å². The molecule has 0 bridgehead atoms. The van der Waals surface area contributed by atoms with Crippen molar-refractivity contribution in [2.45, 2.75) is 71.5 Å². The smallest absolute Gasteiger partial charge is 0.220 e. The Labute approximate surface area is 171 Å². The summed E-state index contributed by atoms with van der Waals surface area (Å²) in [5.74, 6) is 0.118. The molecule has 0 aromatic rings. The van der Waals surface area contributed by atoms with Gasteiger partial charge in [-0.1, -0.05) is 32.5 Å². The van der Waals surface area contributed by atoms with Crippen molar-refractivity contribution in [3.63, 3.8) is 0 Å². The zero-order valence-corrected chi connectivity index (χ0v) is 18.0. The Morgan fingerprint density at radius 1 is 1.04 bits per heavy atom. The van der Waals surface area contributed by atoms with Crippen LogP contribution in [0, 0.1) is 5.41 Å². The molecule has 0 aliphatic rings. The van der Waals surface area contributed by atoms with Crippen LogP contribution in [0.4, 0.5) is 0 Å². The number of thioether (sulfide) groups is 1. The van der Waals surface area contributed by atoms with Gasteiger partial charge in [-0.2, -0.15) is 0 Å². The number of hydrogen-bond acceptors (Lipinski definition) is 7. The molecule has 0 aliphatic carbocycles. The van der Waals surface area contributed by atoms with Gasteiger partial charge in [0.1, 0.15) is 0 Å². The second-order valence-electron chi connectivity index (χ2n) is 7.68. The molecule has 164 valence electrons. The summed E-state index contributed by atoms with van der Waals surface area (Å²) in [5.41, 5.74) is -0.456. The number of carbonyl (C=O) groups excluding carboxylic acids is 3. The molecule has 9 heteroatoms. The van der Waals surface area contributed by atoms with Crippen LogP contribution in [-0.4, -0.2) is 69.9 Å². The molecule has 0 aromatic heterocycles. The van der Waals surface area contributed by atoms with Crippen LogP contribution in [0.25, 0.3) is 0 Å². The summed E-state index contributed by atoms with van der Waals surface area (Å²) in [5, 5.41) is 33.5. The van der Waals surface area contributed by atoms with E-state index in [1.165, 1.54) is 0 Å². The molecular formula is C19H36N2O6S. The third-order valence-electron chi connectivity index (χ3n) is 4.07. The number of aliphatic hydroxyl groups excluding tert-OH is 3. The zero-order chi connectivity index (χ0) is 21.6. The largest absolute Gasteiger partial charge is 0.396 e. The molecule has 8 nitrogen and oxygen atoms in total. The highest BCUT2D eigenvalue weighted by Crippen LogP contribution is 2.18. The number of carbonyl (C=O) groups is 3. The van der Waals surface area contributed by atoms with E-state index in [0.717, 1.165) is 11.8 Å². The molecule has 0 heterocycles. The van der Waals surface area contributed by atoms with Gasteiger partial charge in [0, 0.05) is 44.7 Å². The van der Waals surface area contributed by atoms with Crippen molar-refractivity contribution in [2.75, 3.05) is 25.4 Å². The van der Waals surface area contributed by atoms with Crippen molar-refractivity contribution >= 4 is 28.7 Å². The molecule has 28 heavy (non-hydrogen) atoms. The average molecular weight is 421 g/mol. The minimum Gasteiger partial charge on any atom is -0.396 e. The SMILES string of the molecule is CCC(O)CC(O)CC(=O)SCCNC(=O)CCCNC(=O)CC(C)(C)CO. The van der Waals surface area contributed by atoms with Crippen molar-refractivity contribution in [3.8, 4) is 0 Å². The van der Waals surface area contributed by atoms with E-state index in [9.17, 15) is 24.6 Å². The van der Waals surface area contributed by atoms with E-state index in [1.54, 1.807) is 13.8 Å². The molecule has 2 unspecified atom stereocenters. The molecular weight excluding hydrogens is 384 g/mol. The molecule has 0 radical (unpaired) electrons. The number of hydrogen-bond donors (Lipinski definition) is 5. The molecule has 0 fully saturated rings. The Kier molecular flexibility index (Phi) is 14.2. The van der Waals surface area contributed by atoms with Crippen molar-refractivity contribution in [1.82, 2.24) is 10.6 Å². The summed E-state index contributed by atoms with van der Waals surface area (Å²) < 4.78 is 0. The fourth-order valence-electron chi connectivity index (χ4n) is 2.29. The maximum Gasteiger partial charge on any atom is 0.220 e. The van der Waals surface area contributed by atoms with Gasteiger partial charge in [0.15, 0.2) is 5.12 Å². The van der Waals surface area contributed by atoms with E-state index in [2.05, 4.69) is 10.6 Å². The standard InChI is InChI=1S/C19H36N2O6S/c1-4-14(23)10-15(24)11-18(27)28-9-8-21-16(25)6-5-7-20-17(26)12-19(2,3)13-22/h14-15,22-24H,4-13H2,1-3H3,(H,20,26)(H,21,25). The monoisotopic (exact) mass is 420 g/mol. The fourth-order valence-corrected chi connectivity index (χ4v) is 3.03. The van der Waals surface area contributed by atoms with Crippen molar-refractivity contribution in [1.29, 1.82) is 0 Å². The normalized spacial score (nSPS) is 13.6. The minimum absolute atomic E-state index is 0.0115. The first-order valence-corrected chi connectivity index (χ1v) is 10.7. The van der Waals surface area contributed by atoms with Crippen LogP contribution in [0.15, 0.2) is 0 Å². The molecule has 2 amide bonds. The van der Waals surface area contributed by atoms with E-state index in [1.807, 2.05) is 6.92 Å². The Morgan fingerprint density at radius 3 is 2.29 bits per heavy atom. The van der Waals surface area contributed by atoms with Crippen LogP contribution in [0.1, 0.15) is 59.3 Å². The van der Waals surface area contributed by atoms with Crippen LogP contribution in [0.2, 0.25) is 0 Å². The summed E-state index contributed by atoms with van der Waals surface area (Å²) in [6, 6.07) is 0. The molecule has 5 N–H and O–H groups in total. The Balaban J connectivity index is 3.72. The maximum absolute atomic E-state index is 11.7. The van der Waals surface area contributed by atoms with Gasteiger partial charge in [-0.3, -0.25) is 14.4 Å². The Bertz CT molecular complexity index is 487. The van der Waals surface area contributed by atoms with Gasteiger partial charge >= 0.3 is 0 Å². The quantitative estimate of drug-likeness (QED) is 0.244. The van der Waals surface area contributed by atoms with Gasteiger partial charge in [0.2, 0.25) is 11.8 Å². The molecule has 0 aliphatic heterocycles. The summed E-state index contributed by atoms with van der Waals surface area (Å²) in [7, 11) is 0. The number of aliphatic hydroxyl groups is 3. The predicted molar refractivity (Wildman–Crippen MR) is 110 cm³/mol. The predicted octanol–water partition coefficient (Wildman–Crippen LogP) is 0.579. The van der Waals surface area contributed by atoms with Gasteiger partial charge < -0.3 is 26.0 Å². The molecule has 0 saturated heterocycles. The van der Waals surface area contributed by atoms with Gasteiger partial charge in [0.25, 0.3) is 0 Å². The first kappa shape index (κ1) is 26.8. The van der Waals surface area contributed by atoms with Crippen LogP contribution in [0.5, 0.6) is 0 Å². The van der Waals surface area contributed by atoms with E-state index >= 15 is 0 Å². The molecule has 0 rings (SSSR count). The summed E-state index contributed by atoms with van der Waals surface area (Å²) in [4.78, 5) is 35.1. The molecule has 0 spiro atoms. The van der Waals surface area contributed by atoms with Crippen LogP contribution >= 0.6 is 11.8 Å². The van der Waals surface area contributed by atoms with Crippen molar-refractivity contribution in [3.05, 3.63) is 0 Å². The van der Waals surface area contributed by atoms with Crippen LogP contribution in [0.3, 0.4) is 0 Å². The Morgan fingerprint density at radius 2 is 1.68 bits per heavy atom. The highest BCUT2D eigenvalue weighted by molar-refractivity contribution is 8.13. The molecule has 2 atom stereocenters. The highest BCUT2D eigenvalue weighted by Gasteiger charge is 2.20. The van der Waals surface area contributed by atoms with Gasteiger partial charge in [-0.15, -0.1) is 0 Å². The van der Waals surface area contributed by atoms with Crippen molar-refractivity contribution < 1.29 is 29.7 Å². The number of nitrogens with one attached hydrogen (secondary N) is 2. The second-order valence-corrected chi connectivity index (χ2v) is 8.83. The van der Waals surface area contributed by atoms with E-state index in [0.29, 0.717) is 31.7 Å². The number of rotatable bonds is 15. The lowest BCUT2D eigenvalue weighted by molar-refractivity contribution is -0.124. The lowest BCUT2D eigenvalue weighted by Crippen LogP contribution is -2.32. The van der Waals surface area contributed by atoms with Gasteiger partial charge in [0.05, 0.1) is 12.2 Å². The summed E-state index contributed by atoms with van der Waals surface area (Å²) >= 11 is 1.05. The van der Waals surface area contributed by atoms with E-state index in [-0.39, 0.29) is 49.2 Å². The lowest BCUT2D eigenvalue weighted by atomic mass is 9.90. The first-order valence-electron chi connectivity index (χ1n) is 9.75. The fraction of sp³-hybridized carbons (Fsp3) is 0.842. The van der Waals surface area contributed by atoms with Crippen LogP contribution in [-0.2, 0) is 14.4 Å².